The van der Waals surface area contributed by atoms with Crippen LogP contribution in [-0.2, 0) is 23.1 Å². The fraction of sp³-hybridized carbons (Fsp3) is 0.333. The van der Waals surface area contributed by atoms with Crippen LogP contribution in [0.1, 0.15) is 36.2 Å². The fourth-order valence-electron chi connectivity index (χ4n) is 2.76. The standard InChI is InChI=1S/C15H16BrF2N2O4P/c1-3-8-9(4-2)14(7-19-21)20-13-6-11(12(16)5-10(8)13)15(17,18)25(22,23)24/h5-7,21H,3-4H2,1-2H3,(H2,22,23,24). The van der Waals surface area contributed by atoms with E-state index in [2.05, 4.69) is 26.1 Å². The Hall–Kier alpha value is -1.41. The maximum Gasteiger partial charge on any atom is 0.399 e. The van der Waals surface area contributed by atoms with Gasteiger partial charge in [0.05, 0.1) is 17.4 Å². The van der Waals surface area contributed by atoms with E-state index in [4.69, 9.17) is 15.0 Å². The summed E-state index contributed by atoms with van der Waals surface area (Å²) in [5.74, 6) is 0. The van der Waals surface area contributed by atoms with E-state index in [0.717, 1.165) is 23.4 Å². The minimum Gasteiger partial charge on any atom is -0.411 e. The molecule has 136 valence electrons. The molecule has 0 atom stereocenters. The zero-order valence-corrected chi connectivity index (χ0v) is 15.9. The number of hydrogen-bond acceptors (Lipinski definition) is 4. The number of hydrogen-bond donors (Lipinski definition) is 3. The maximum absolute atomic E-state index is 14.1. The Morgan fingerprint density at radius 3 is 2.36 bits per heavy atom. The molecule has 0 unspecified atom stereocenters. The van der Waals surface area contributed by atoms with Crippen LogP contribution in [0.2, 0.25) is 0 Å². The van der Waals surface area contributed by atoms with Crippen LogP contribution >= 0.6 is 23.5 Å². The van der Waals surface area contributed by atoms with Gasteiger partial charge in [0.1, 0.15) is 0 Å². The zero-order valence-electron chi connectivity index (χ0n) is 13.4. The van der Waals surface area contributed by atoms with Gasteiger partial charge < -0.3 is 15.0 Å². The number of pyridine rings is 1. The predicted octanol–water partition coefficient (Wildman–Crippen LogP) is 4.16. The highest BCUT2D eigenvalue weighted by atomic mass is 79.9. The molecule has 0 saturated heterocycles. The summed E-state index contributed by atoms with van der Waals surface area (Å²) in [6, 6.07) is 2.34. The fourth-order valence-corrected chi connectivity index (χ4v) is 4.00. The highest BCUT2D eigenvalue weighted by molar-refractivity contribution is 9.10. The minimum absolute atomic E-state index is 0.115. The van der Waals surface area contributed by atoms with Crippen LogP contribution < -0.4 is 0 Å². The van der Waals surface area contributed by atoms with Gasteiger partial charge in [0, 0.05) is 15.4 Å². The zero-order chi connectivity index (χ0) is 19.0. The molecule has 0 saturated carbocycles. The smallest absolute Gasteiger partial charge is 0.399 e. The van der Waals surface area contributed by atoms with Crippen molar-refractivity contribution in [1.29, 1.82) is 0 Å². The molecule has 6 nitrogen and oxygen atoms in total. The molecule has 0 aliphatic heterocycles. The number of aryl methyl sites for hydroxylation is 1. The Kier molecular flexibility index (Phi) is 5.63. The van der Waals surface area contributed by atoms with Crippen molar-refractivity contribution >= 4 is 40.6 Å². The molecule has 1 aromatic carbocycles. The van der Waals surface area contributed by atoms with Crippen LogP contribution in [-0.4, -0.2) is 26.2 Å². The lowest BCUT2D eigenvalue weighted by Gasteiger charge is -2.21. The molecule has 1 aromatic heterocycles. The highest BCUT2D eigenvalue weighted by Gasteiger charge is 2.51. The molecule has 0 spiro atoms. The van der Waals surface area contributed by atoms with Gasteiger partial charge in [-0.3, -0.25) is 4.57 Å². The minimum atomic E-state index is -5.71. The number of alkyl halides is 2. The van der Waals surface area contributed by atoms with Gasteiger partial charge in [0.15, 0.2) is 0 Å². The van der Waals surface area contributed by atoms with Crippen molar-refractivity contribution in [1.82, 2.24) is 4.98 Å². The second-order valence-corrected chi connectivity index (χ2v) is 7.84. The third kappa shape index (κ3) is 3.46. The molecule has 0 aliphatic carbocycles. The molecule has 25 heavy (non-hydrogen) atoms. The van der Waals surface area contributed by atoms with Crippen LogP contribution in [0, 0.1) is 0 Å². The van der Waals surface area contributed by atoms with Gasteiger partial charge in [-0.1, -0.05) is 34.9 Å². The molecule has 0 amide bonds. The number of aromatic nitrogens is 1. The first-order valence-electron chi connectivity index (χ1n) is 7.34. The van der Waals surface area contributed by atoms with Gasteiger partial charge in [-0.2, -0.15) is 8.78 Å². The van der Waals surface area contributed by atoms with Crippen LogP contribution in [0.5, 0.6) is 0 Å². The molecule has 0 fully saturated rings. The third-order valence-electron chi connectivity index (χ3n) is 3.90. The first-order chi connectivity index (χ1) is 11.6. The van der Waals surface area contributed by atoms with E-state index in [0.29, 0.717) is 23.9 Å². The molecular formula is C15H16BrF2N2O4P. The number of oxime groups is 1. The van der Waals surface area contributed by atoms with E-state index < -0.39 is 18.8 Å². The molecule has 2 aromatic rings. The first-order valence-corrected chi connectivity index (χ1v) is 9.75. The van der Waals surface area contributed by atoms with Gasteiger partial charge in [0.25, 0.3) is 0 Å². The summed E-state index contributed by atoms with van der Waals surface area (Å²) < 4.78 is 39.4. The molecule has 0 aliphatic rings. The second kappa shape index (κ2) is 7.07. The Labute approximate surface area is 150 Å². The van der Waals surface area contributed by atoms with Gasteiger partial charge in [-0.25, -0.2) is 4.98 Å². The summed E-state index contributed by atoms with van der Waals surface area (Å²) in [7, 11) is -5.71. The van der Waals surface area contributed by atoms with E-state index in [9.17, 15) is 13.3 Å². The Morgan fingerprint density at radius 2 is 1.88 bits per heavy atom. The Balaban J connectivity index is 2.90. The van der Waals surface area contributed by atoms with Crippen molar-refractivity contribution in [3.8, 4) is 0 Å². The summed E-state index contributed by atoms with van der Waals surface area (Å²) in [6.45, 7) is 3.78. The van der Waals surface area contributed by atoms with Crippen molar-refractivity contribution < 1.29 is 28.3 Å². The summed E-state index contributed by atoms with van der Waals surface area (Å²) >= 11 is 2.99. The SMILES string of the molecule is CCc1c(C=NO)nc2cc(C(F)(F)P(=O)(O)O)c(Br)cc2c1CC. The van der Waals surface area contributed by atoms with E-state index in [1.165, 1.54) is 6.07 Å². The quantitative estimate of drug-likeness (QED) is 0.282. The summed E-state index contributed by atoms with van der Waals surface area (Å²) in [5, 5.41) is 12.4. The highest BCUT2D eigenvalue weighted by Crippen LogP contribution is 2.60. The van der Waals surface area contributed by atoms with Crippen molar-refractivity contribution in [2.24, 2.45) is 5.16 Å². The summed E-state index contributed by atoms with van der Waals surface area (Å²) in [4.78, 5) is 22.2. The predicted molar refractivity (Wildman–Crippen MR) is 93.5 cm³/mol. The number of fused-ring (bicyclic) bond motifs is 1. The lowest BCUT2D eigenvalue weighted by Crippen LogP contribution is -2.15. The molecule has 1 heterocycles. The van der Waals surface area contributed by atoms with Gasteiger partial charge in [0.2, 0.25) is 0 Å². The van der Waals surface area contributed by atoms with E-state index in [1.54, 1.807) is 0 Å². The lowest BCUT2D eigenvalue weighted by atomic mass is 9.96. The number of rotatable bonds is 5. The van der Waals surface area contributed by atoms with Crippen molar-refractivity contribution in [2.45, 2.75) is 32.4 Å². The van der Waals surface area contributed by atoms with Crippen LogP contribution in [0.4, 0.5) is 8.78 Å². The largest absolute Gasteiger partial charge is 0.411 e. The number of benzene rings is 1. The van der Waals surface area contributed by atoms with E-state index >= 15 is 0 Å². The summed E-state index contributed by atoms with van der Waals surface area (Å²) in [5.41, 5.74) is -3.09. The number of nitrogens with zero attached hydrogens (tertiary/aromatic N) is 2. The molecule has 10 heteroatoms. The average Bonchev–Trinajstić information content (AvgIpc) is 2.52. The van der Waals surface area contributed by atoms with Crippen LogP contribution in [0.25, 0.3) is 10.9 Å². The van der Waals surface area contributed by atoms with Crippen molar-refractivity contribution in [3.63, 3.8) is 0 Å². The average molecular weight is 437 g/mol. The van der Waals surface area contributed by atoms with Crippen LogP contribution in [0.15, 0.2) is 21.8 Å². The molecule has 2 rings (SSSR count). The van der Waals surface area contributed by atoms with E-state index in [-0.39, 0.29) is 9.99 Å². The Morgan fingerprint density at radius 1 is 1.28 bits per heavy atom. The van der Waals surface area contributed by atoms with Gasteiger partial charge in [-0.05, 0) is 36.1 Å². The van der Waals surface area contributed by atoms with Crippen LogP contribution in [0.3, 0.4) is 0 Å². The topological polar surface area (TPSA) is 103 Å². The summed E-state index contributed by atoms with van der Waals surface area (Å²) in [6.07, 6.45) is 2.28. The lowest BCUT2D eigenvalue weighted by molar-refractivity contribution is 0.0558. The van der Waals surface area contributed by atoms with Gasteiger partial charge >= 0.3 is 13.3 Å². The number of halogens is 3. The third-order valence-corrected chi connectivity index (χ3v) is 5.53. The van der Waals surface area contributed by atoms with E-state index in [1.807, 2.05) is 13.8 Å². The van der Waals surface area contributed by atoms with Crippen molar-refractivity contribution in [3.05, 3.63) is 39.0 Å². The maximum atomic E-state index is 14.1. The Bertz CT molecular complexity index is 899. The molecule has 0 bridgehead atoms. The normalized spacial score (nSPS) is 13.1. The molecule has 3 N–H and O–H groups in total. The first kappa shape index (κ1) is 19.9. The van der Waals surface area contributed by atoms with Crippen molar-refractivity contribution in [2.75, 3.05) is 0 Å². The second-order valence-electron chi connectivity index (χ2n) is 5.34. The van der Waals surface area contributed by atoms with Gasteiger partial charge in [-0.15, -0.1) is 0 Å². The molecular weight excluding hydrogens is 421 g/mol. The monoisotopic (exact) mass is 436 g/mol. The molecule has 0 radical (unpaired) electrons.